The summed E-state index contributed by atoms with van der Waals surface area (Å²) in [7, 11) is 1.66. The standard InChI is InChI=1S/C18H26N2O4S/c1-21-15-8-14(9-16-17(15)24-13-23-16)10-19-11-18(2-7-25-12-18)20-3-5-22-6-4-20/h8-9,19H,2-7,10-13H2,1H3/t18-/m1/s1. The second-order valence-corrected chi connectivity index (χ2v) is 7.87. The van der Waals surface area contributed by atoms with Gasteiger partial charge in [0.15, 0.2) is 11.5 Å². The van der Waals surface area contributed by atoms with E-state index in [1.165, 1.54) is 17.9 Å². The lowest BCUT2D eigenvalue weighted by Crippen LogP contribution is -2.58. The third-order valence-electron chi connectivity index (χ3n) is 5.27. The average molecular weight is 366 g/mol. The van der Waals surface area contributed by atoms with Gasteiger partial charge in [-0.05, 0) is 29.9 Å². The molecule has 0 radical (unpaired) electrons. The molecule has 0 bridgehead atoms. The molecule has 0 unspecified atom stereocenters. The summed E-state index contributed by atoms with van der Waals surface area (Å²) in [4.78, 5) is 2.63. The van der Waals surface area contributed by atoms with Gasteiger partial charge in [-0.3, -0.25) is 4.90 Å². The number of hydrogen-bond acceptors (Lipinski definition) is 7. The fourth-order valence-corrected chi connectivity index (χ4v) is 5.34. The van der Waals surface area contributed by atoms with Gasteiger partial charge in [-0.15, -0.1) is 0 Å². The van der Waals surface area contributed by atoms with E-state index in [1.807, 2.05) is 12.1 Å². The molecule has 1 atom stereocenters. The molecular weight excluding hydrogens is 340 g/mol. The van der Waals surface area contributed by atoms with Gasteiger partial charge in [0.25, 0.3) is 0 Å². The molecule has 0 aromatic heterocycles. The zero-order valence-electron chi connectivity index (χ0n) is 14.7. The number of fused-ring (bicyclic) bond motifs is 1. The molecule has 0 aliphatic carbocycles. The fraction of sp³-hybridized carbons (Fsp3) is 0.667. The third-order valence-corrected chi connectivity index (χ3v) is 6.50. The molecule has 3 aliphatic rings. The molecule has 0 amide bonds. The minimum absolute atomic E-state index is 0.259. The number of benzene rings is 1. The van der Waals surface area contributed by atoms with E-state index in [-0.39, 0.29) is 12.3 Å². The Kier molecular flexibility index (Phi) is 5.26. The molecule has 3 heterocycles. The van der Waals surface area contributed by atoms with Crippen molar-refractivity contribution in [1.82, 2.24) is 10.2 Å². The SMILES string of the molecule is COc1cc(CNC[C@]2(N3CCOCC3)CCSC2)cc2c1OCO2. The van der Waals surface area contributed by atoms with E-state index >= 15 is 0 Å². The number of hydrogen-bond donors (Lipinski definition) is 1. The number of methoxy groups -OCH3 is 1. The van der Waals surface area contributed by atoms with Gasteiger partial charge in [0, 0.05) is 37.5 Å². The second-order valence-electron chi connectivity index (χ2n) is 6.76. The summed E-state index contributed by atoms with van der Waals surface area (Å²) in [5.41, 5.74) is 1.42. The molecule has 0 saturated carbocycles. The molecule has 1 N–H and O–H groups in total. The molecular formula is C18H26N2O4S. The van der Waals surface area contributed by atoms with Gasteiger partial charge < -0.3 is 24.3 Å². The normalized spacial score (nSPS) is 26.1. The molecule has 6 nitrogen and oxygen atoms in total. The van der Waals surface area contributed by atoms with Crippen molar-refractivity contribution in [2.45, 2.75) is 18.5 Å². The highest BCUT2D eigenvalue weighted by atomic mass is 32.2. The van der Waals surface area contributed by atoms with Gasteiger partial charge in [0.05, 0.1) is 20.3 Å². The van der Waals surface area contributed by atoms with Crippen LogP contribution in [0.1, 0.15) is 12.0 Å². The van der Waals surface area contributed by atoms with Crippen LogP contribution < -0.4 is 19.5 Å². The maximum atomic E-state index is 5.54. The second kappa shape index (κ2) is 7.61. The van der Waals surface area contributed by atoms with E-state index in [0.29, 0.717) is 5.75 Å². The maximum absolute atomic E-state index is 5.54. The predicted molar refractivity (Wildman–Crippen MR) is 97.9 cm³/mol. The van der Waals surface area contributed by atoms with Crippen molar-refractivity contribution in [2.75, 3.05) is 58.3 Å². The summed E-state index contributed by atoms with van der Waals surface area (Å²) in [6.07, 6.45) is 1.25. The van der Waals surface area contributed by atoms with Crippen LogP contribution in [0.2, 0.25) is 0 Å². The molecule has 0 spiro atoms. The number of thioether (sulfide) groups is 1. The number of morpholine rings is 1. The molecule has 2 saturated heterocycles. The van der Waals surface area contributed by atoms with Gasteiger partial charge in [-0.1, -0.05) is 0 Å². The number of ether oxygens (including phenoxy) is 4. The van der Waals surface area contributed by atoms with Crippen molar-refractivity contribution in [3.8, 4) is 17.2 Å². The van der Waals surface area contributed by atoms with Crippen molar-refractivity contribution < 1.29 is 18.9 Å². The fourth-order valence-electron chi connectivity index (χ4n) is 3.86. The lowest BCUT2D eigenvalue weighted by molar-refractivity contribution is -0.0134. The highest BCUT2D eigenvalue weighted by molar-refractivity contribution is 7.99. The first kappa shape index (κ1) is 17.3. The van der Waals surface area contributed by atoms with Gasteiger partial charge >= 0.3 is 0 Å². The monoisotopic (exact) mass is 366 g/mol. The zero-order chi connectivity index (χ0) is 17.1. The third kappa shape index (κ3) is 3.56. The van der Waals surface area contributed by atoms with E-state index in [1.54, 1.807) is 7.11 Å². The Morgan fingerprint density at radius 2 is 2.16 bits per heavy atom. The lowest BCUT2D eigenvalue weighted by Gasteiger charge is -2.43. The van der Waals surface area contributed by atoms with Crippen molar-refractivity contribution in [1.29, 1.82) is 0 Å². The quantitative estimate of drug-likeness (QED) is 0.823. The summed E-state index contributed by atoms with van der Waals surface area (Å²) in [6, 6.07) is 4.08. The first-order valence-electron chi connectivity index (χ1n) is 8.88. The Morgan fingerprint density at radius 3 is 2.92 bits per heavy atom. The van der Waals surface area contributed by atoms with Crippen LogP contribution in [0, 0.1) is 0 Å². The smallest absolute Gasteiger partial charge is 0.231 e. The van der Waals surface area contributed by atoms with Crippen molar-refractivity contribution in [3.05, 3.63) is 17.7 Å². The molecule has 1 aromatic rings. The minimum Gasteiger partial charge on any atom is -0.493 e. The van der Waals surface area contributed by atoms with E-state index in [9.17, 15) is 0 Å². The lowest BCUT2D eigenvalue weighted by atomic mass is 9.95. The largest absolute Gasteiger partial charge is 0.493 e. The van der Waals surface area contributed by atoms with E-state index in [0.717, 1.165) is 56.5 Å². The summed E-state index contributed by atoms with van der Waals surface area (Å²) in [6.45, 7) is 5.85. The predicted octanol–water partition coefficient (Wildman–Crippen LogP) is 1.72. The Bertz CT molecular complexity index is 601. The number of rotatable bonds is 6. The number of nitrogens with zero attached hydrogens (tertiary/aromatic N) is 1. The van der Waals surface area contributed by atoms with Crippen LogP contribution in [0.3, 0.4) is 0 Å². The van der Waals surface area contributed by atoms with Crippen molar-refractivity contribution in [3.63, 3.8) is 0 Å². The zero-order valence-corrected chi connectivity index (χ0v) is 15.5. The van der Waals surface area contributed by atoms with Gasteiger partial charge in [0.2, 0.25) is 12.5 Å². The molecule has 1 aromatic carbocycles. The molecule has 7 heteroatoms. The van der Waals surface area contributed by atoms with Crippen LogP contribution >= 0.6 is 11.8 Å². The van der Waals surface area contributed by atoms with Gasteiger partial charge in [0.1, 0.15) is 0 Å². The maximum Gasteiger partial charge on any atom is 0.231 e. The van der Waals surface area contributed by atoms with Crippen LogP contribution in [-0.4, -0.2) is 68.7 Å². The van der Waals surface area contributed by atoms with Crippen LogP contribution in [-0.2, 0) is 11.3 Å². The van der Waals surface area contributed by atoms with Crippen LogP contribution in [0.4, 0.5) is 0 Å². The van der Waals surface area contributed by atoms with E-state index in [2.05, 4.69) is 22.0 Å². The van der Waals surface area contributed by atoms with Crippen molar-refractivity contribution in [2.24, 2.45) is 0 Å². The van der Waals surface area contributed by atoms with E-state index < -0.39 is 0 Å². The van der Waals surface area contributed by atoms with Gasteiger partial charge in [-0.2, -0.15) is 11.8 Å². The summed E-state index contributed by atoms with van der Waals surface area (Å²) >= 11 is 2.06. The molecule has 138 valence electrons. The molecule has 2 fully saturated rings. The van der Waals surface area contributed by atoms with Crippen LogP contribution in [0.15, 0.2) is 12.1 Å². The molecule has 25 heavy (non-hydrogen) atoms. The number of nitrogens with one attached hydrogen (secondary N) is 1. The van der Waals surface area contributed by atoms with Gasteiger partial charge in [-0.25, -0.2) is 0 Å². The Labute approximate surface area is 153 Å². The molecule has 4 rings (SSSR count). The molecule has 3 aliphatic heterocycles. The van der Waals surface area contributed by atoms with Crippen LogP contribution in [0.25, 0.3) is 0 Å². The highest BCUT2D eigenvalue weighted by Gasteiger charge is 2.40. The Balaban J connectivity index is 1.41. The minimum atomic E-state index is 0.259. The highest BCUT2D eigenvalue weighted by Crippen LogP contribution is 2.42. The summed E-state index contributed by atoms with van der Waals surface area (Å²) in [5.74, 6) is 4.67. The Hall–Kier alpha value is -1.15. The van der Waals surface area contributed by atoms with E-state index in [4.69, 9.17) is 18.9 Å². The topological polar surface area (TPSA) is 52.2 Å². The van der Waals surface area contributed by atoms with Crippen molar-refractivity contribution >= 4 is 11.8 Å². The first-order valence-corrected chi connectivity index (χ1v) is 10.0. The average Bonchev–Trinajstić information content (AvgIpc) is 3.32. The summed E-state index contributed by atoms with van der Waals surface area (Å²) in [5, 5.41) is 3.68. The Morgan fingerprint density at radius 1 is 1.28 bits per heavy atom. The van der Waals surface area contributed by atoms with Crippen LogP contribution in [0.5, 0.6) is 17.2 Å². The summed E-state index contributed by atoms with van der Waals surface area (Å²) < 4.78 is 22.0. The first-order chi connectivity index (χ1) is 12.3.